The normalized spacial score (nSPS) is 15.7. The Bertz CT molecular complexity index is 1450. The van der Waals surface area contributed by atoms with E-state index in [1.165, 1.54) is 0 Å². The molecule has 38 heavy (non-hydrogen) atoms. The zero-order valence-electron chi connectivity index (χ0n) is 20.6. The number of amides is 1. The lowest BCUT2D eigenvalue weighted by atomic mass is 10.1. The van der Waals surface area contributed by atoms with Gasteiger partial charge in [-0.05, 0) is 54.5 Å². The van der Waals surface area contributed by atoms with Crippen LogP contribution in [0.3, 0.4) is 0 Å². The minimum atomic E-state index is -4.80. The van der Waals surface area contributed by atoms with Crippen molar-refractivity contribution in [3.05, 3.63) is 71.8 Å². The van der Waals surface area contributed by atoms with Crippen LogP contribution in [0.4, 0.5) is 29.6 Å². The number of anilines is 2. The molecule has 5 rings (SSSR count). The number of pyridine rings is 2. The average molecular weight is 526 g/mol. The van der Waals surface area contributed by atoms with Crippen LogP contribution in [0.1, 0.15) is 36.6 Å². The molecule has 9 nitrogen and oxygen atoms in total. The molecule has 1 saturated heterocycles. The second-order valence-electron chi connectivity index (χ2n) is 9.24. The van der Waals surface area contributed by atoms with E-state index < -0.39 is 23.7 Å². The van der Waals surface area contributed by atoms with E-state index in [1.807, 2.05) is 12.1 Å². The first-order valence-corrected chi connectivity index (χ1v) is 12.1. The van der Waals surface area contributed by atoms with E-state index in [0.717, 1.165) is 46.9 Å². The number of carbonyl (C=O) groups is 1. The monoisotopic (exact) mass is 525 g/mol. The van der Waals surface area contributed by atoms with Gasteiger partial charge in [0.25, 0.3) is 0 Å². The van der Waals surface area contributed by atoms with E-state index >= 15 is 0 Å². The summed E-state index contributed by atoms with van der Waals surface area (Å²) in [6.45, 7) is 3.14. The third-order valence-corrected chi connectivity index (χ3v) is 6.50. The Labute approximate surface area is 216 Å². The highest BCUT2D eigenvalue weighted by molar-refractivity contribution is 5.91. The van der Waals surface area contributed by atoms with Crippen molar-refractivity contribution in [2.45, 2.75) is 45.1 Å². The number of alkyl halides is 3. The van der Waals surface area contributed by atoms with Crippen molar-refractivity contribution in [3.8, 4) is 5.75 Å². The fourth-order valence-corrected chi connectivity index (χ4v) is 4.57. The number of ether oxygens (including phenoxy) is 1. The number of aromatic nitrogens is 4. The second-order valence-corrected chi connectivity index (χ2v) is 9.24. The van der Waals surface area contributed by atoms with Gasteiger partial charge in [0, 0.05) is 36.9 Å². The van der Waals surface area contributed by atoms with E-state index in [2.05, 4.69) is 32.2 Å². The number of halogens is 3. The minimum Gasteiger partial charge on any atom is -0.406 e. The highest BCUT2D eigenvalue weighted by Gasteiger charge is 2.39. The summed E-state index contributed by atoms with van der Waals surface area (Å²) in [6, 6.07) is 11.1. The summed E-state index contributed by atoms with van der Waals surface area (Å²) >= 11 is 0. The average Bonchev–Trinajstić information content (AvgIpc) is 3.49. The molecular weight excluding hydrogens is 499 g/mol. The first-order chi connectivity index (χ1) is 18.2. The highest BCUT2D eigenvalue weighted by Crippen LogP contribution is 2.35. The van der Waals surface area contributed by atoms with Crippen molar-refractivity contribution >= 4 is 28.5 Å². The van der Waals surface area contributed by atoms with Gasteiger partial charge in [-0.2, -0.15) is 18.3 Å². The molecule has 198 valence electrons. The van der Waals surface area contributed by atoms with Gasteiger partial charge in [0.15, 0.2) is 5.75 Å². The molecule has 4 aromatic rings. The topological polar surface area (TPSA) is 111 Å². The third kappa shape index (κ3) is 5.48. The lowest BCUT2D eigenvalue weighted by Crippen LogP contribution is -2.27. The Morgan fingerprint density at radius 1 is 1.18 bits per heavy atom. The Hall–Kier alpha value is -4.35. The number of nitrogens with one attached hydrogen (secondary N) is 1. The molecule has 1 fully saturated rings. The number of benzene rings is 1. The van der Waals surface area contributed by atoms with Crippen molar-refractivity contribution in [3.63, 3.8) is 0 Å². The molecule has 0 bridgehead atoms. The molecule has 1 amide bonds. The summed E-state index contributed by atoms with van der Waals surface area (Å²) in [5.74, 6) is 0.538. The molecule has 0 radical (unpaired) electrons. The minimum absolute atomic E-state index is 0.0337. The van der Waals surface area contributed by atoms with Gasteiger partial charge in [0.1, 0.15) is 11.6 Å². The maximum Gasteiger partial charge on any atom is 0.438 e. The summed E-state index contributed by atoms with van der Waals surface area (Å²) in [5, 5.41) is 7.69. The lowest BCUT2D eigenvalue weighted by molar-refractivity contribution is -0.142. The zero-order valence-corrected chi connectivity index (χ0v) is 20.6. The summed E-state index contributed by atoms with van der Waals surface area (Å²) in [7, 11) is 0. The van der Waals surface area contributed by atoms with Crippen molar-refractivity contribution < 1.29 is 22.7 Å². The predicted molar refractivity (Wildman–Crippen MR) is 136 cm³/mol. The number of nitrogens with two attached hydrogens (primary N) is 1. The number of hydrogen-bond acceptors (Lipinski definition) is 7. The molecule has 3 N–H and O–H groups in total. The van der Waals surface area contributed by atoms with Crippen LogP contribution in [0.5, 0.6) is 5.75 Å². The van der Waals surface area contributed by atoms with Crippen LogP contribution < -0.4 is 20.7 Å². The number of carbonyl (C=O) groups excluding carboxylic acids is 1. The van der Waals surface area contributed by atoms with Gasteiger partial charge in [-0.25, -0.2) is 14.8 Å². The Morgan fingerprint density at radius 2 is 2.00 bits per heavy atom. The largest absolute Gasteiger partial charge is 0.438 e. The van der Waals surface area contributed by atoms with Gasteiger partial charge in [-0.15, -0.1) is 0 Å². The van der Waals surface area contributed by atoms with Gasteiger partial charge in [0.05, 0.1) is 12.7 Å². The number of rotatable bonds is 6. The van der Waals surface area contributed by atoms with E-state index in [1.54, 1.807) is 36.7 Å². The molecule has 0 spiro atoms. The van der Waals surface area contributed by atoms with Gasteiger partial charge >= 0.3 is 12.3 Å². The highest BCUT2D eigenvalue weighted by atomic mass is 19.4. The number of hydrogen-bond donors (Lipinski definition) is 2. The number of fused-ring (bicyclic) bond motifs is 1. The molecule has 0 saturated carbocycles. The van der Waals surface area contributed by atoms with Crippen LogP contribution in [0.25, 0.3) is 10.8 Å². The molecule has 1 aliphatic rings. The molecule has 3 aromatic heterocycles. The van der Waals surface area contributed by atoms with E-state index in [9.17, 15) is 18.0 Å². The number of nitrogen functional groups attached to an aromatic ring is 1. The van der Waals surface area contributed by atoms with Gasteiger partial charge < -0.3 is 20.7 Å². The van der Waals surface area contributed by atoms with Crippen molar-refractivity contribution in [1.29, 1.82) is 0 Å². The zero-order chi connectivity index (χ0) is 26.9. The Balaban J connectivity index is 1.25. The fraction of sp³-hybridized carbons (Fsp3) is 0.308. The second kappa shape index (κ2) is 10.2. The molecule has 1 aromatic carbocycles. The number of nitrogens with zero attached hydrogens (tertiary/aromatic N) is 5. The summed E-state index contributed by atoms with van der Waals surface area (Å²) in [4.78, 5) is 23.0. The summed E-state index contributed by atoms with van der Waals surface area (Å²) in [5.41, 5.74) is 5.95. The first kappa shape index (κ1) is 25.3. The predicted octanol–water partition coefficient (Wildman–Crippen LogP) is 4.75. The summed E-state index contributed by atoms with van der Waals surface area (Å²) < 4.78 is 47.0. The third-order valence-electron chi connectivity index (χ3n) is 6.50. The fourth-order valence-electron chi connectivity index (χ4n) is 4.57. The van der Waals surface area contributed by atoms with E-state index in [4.69, 9.17) is 10.5 Å². The first-order valence-electron chi connectivity index (χ1n) is 12.1. The van der Waals surface area contributed by atoms with E-state index in [-0.39, 0.29) is 13.1 Å². The van der Waals surface area contributed by atoms with Crippen molar-refractivity contribution in [1.82, 2.24) is 25.1 Å². The maximum atomic E-state index is 13.6. The Morgan fingerprint density at radius 3 is 2.71 bits per heavy atom. The quantitative estimate of drug-likeness (QED) is 0.374. The smallest absolute Gasteiger partial charge is 0.406 e. The molecule has 1 aliphatic heterocycles. The maximum absolute atomic E-state index is 13.6. The van der Waals surface area contributed by atoms with Gasteiger partial charge in [-0.3, -0.25) is 4.68 Å². The molecule has 0 unspecified atom stereocenters. The van der Waals surface area contributed by atoms with Crippen LogP contribution in [0.15, 0.2) is 55.0 Å². The molecule has 0 aliphatic carbocycles. The lowest BCUT2D eigenvalue weighted by Gasteiger charge is -2.22. The van der Waals surface area contributed by atoms with Crippen molar-refractivity contribution in [2.24, 2.45) is 0 Å². The molecule has 4 heterocycles. The molecular formula is C26H26F3N7O2. The molecule has 1 atom stereocenters. The van der Waals surface area contributed by atoms with Crippen LogP contribution >= 0.6 is 0 Å². The Kier molecular flexibility index (Phi) is 6.79. The SMILES string of the molecule is C[C@H]1CCCN1c1ccc(Cn2cc(OC(=O)NCc3ccc4c(N)nccc4c3)c(C(F)(F)F)n2)cn1. The van der Waals surface area contributed by atoms with Crippen LogP contribution in [-0.4, -0.2) is 38.4 Å². The van der Waals surface area contributed by atoms with Gasteiger partial charge in [-0.1, -0.05) is 18.2 Å². The van der Waals surface area contributed by atoms with Gasteiger partial charge in [0.2, 0.25) is 5.69 Å². The van der Waals surface area contributed by atoms with Crippen LogP contribution in [0.2, 0.25) is 0 Å². The standard InChI is InChI=1S/C26H26F3N7O2/c1-16-3-2-10-36(16)22-7-5-18(13-32-22)14-35-15-21(23(34-35)26(27,28)29)38-25(37)33-12-17-4-6-20-19(11-17)8-9-31-24(20)30/h4-9,11,13,15-16H,2-3,10,12,14H2,1H3,(H2,30,31)(H,33,37)/t16-/m0/s1. The van der Waals surface area contributed by atoms with Crippen LogP contribution in [0, 0.1) is 0 Å². The van der Waals surface area contributed by atoms with Crippen molar-refractivity contribution in [2.75, 3.05) is 17.2 Å². The van der Waals surface area contributed by atoms with Crippen LogP contribution in [-0.2, 0) is 19.3 Å². The molecule has 12 heteroatoms. The van der Waals surface area contributed by atoms with E-state index in [0.29, 0.717) is 23.0 Å². The summed E-state index contributed by atoms with van der Waals surface area (Å²) in [6.07, 6.45) is 0.612.